The number of rotatable bonds is 3. The van der Waals surface area contributed by atoms with E-state index in [1.54, 1.807) is 0 Å². The summed E-state index contributed by atoms with van der Waals surface area (Å²) in [6.45, 7) is 1.64. The second kappa shape index (κ2) is 7.30. The van der Waals surface area contributed by atoms with Crippen LogP contribution in [0, 0.1) is 0 Å². The number of aromatic amines is 1. The van der Waals surface area contributed by atoms with Gasteiger partial charge in [0.2, 0.25) is 0 Å². The lowest BCUT2D eigenvalue weighted by atomic mass is 9.76. The molecule has 1 saturated heterocycles. The zero-order valence-electron chi connectivity index (χ0n) is 16.0. The Morgan fingerprint density at radius 3 is 2.61 bits per heavy atom. The molecule has 0 radical (unpaired) electrons. The predicted molar refractivity (Wildman–Crippen MR) is 110 cm³/mol. The minimum Gasteiger partial charge on any atom is -0.346 e. The molecular formula is C23H26N4O. The van der Waals surface area contributed by atoms with E-state index in [0.29, 0.717) is 17.9 Å². The molecule has 144 valence electrons. The summed E-state index contributed by atoms with van der Waals surface area (Å²) < 4.78 is 0. The number of carbonyl (C=O) groups excluding carboxylic acids is 1. The van der Waals surface area contributed by atoms with Gasteiger partial charge >= 0.3 is 6.03 Å². The van der Waals surface area contributed by atoms with Gasteiger partial charge in [0.15, 0.2) is 0 Å². The summed E-state index contributed by atoms with van der Waals surface area (Å²) in [6.07, 6.45) is 8.02. The van der Waals surface area contributed by atoms with Crippen molar-refractivity contribution in [2.24, 2.45) is 0 Å². The average Bonchev–Trinajstić information content (AvgIpc) is 3.15. The van der Waals surface area contributed by atoms with Gasteiger partial charge in [-0.15, -0.1) is 0 Å². The molecule has 0 unspecified atom stereocenters. The highest BCUT2D eigenvalue weighted by molar-refractivity contribution is 5.80. The van der Waals surface area contributed by atoms with Gasteiger partial charge in [0.05, 0.1) is 0 Å². The monoisotopic (exact) mass is 374 g/mol. The Morgan fingerprint density at radius 2 is 1.82 bits per heavy atom. The summed E-state index contributed by atoms with van der Waals surface area (Å²) in [5.41, 5.74) is 3.69. The van der Waals surface area contributed by atoms with Crippen LogP contribution in [0.4, 0.5) is 4.79 Å². The van der Waals surface area contributed by atoms with Crippen molar-refractivity contribution in [1.29, 1.82) is 0 Å². The largest absolute Gasteiger partial charge is 0.346 e. The first-order valence-corrected chi connectivity index (χ1v) is 10.3. The van der Waals surface area contributed by atoms with Crippen LogP contribution in [-0.2, 0) is 0 Å². The van der Waals surface area contributed by atoms with Crippen LogP contribution in [0.25, 0.3) is 11.0 Å². The minimum atomic E-state index is 0.107. The average molecular weight is 374 g/mol. The first kappa shape index (κ1) is 17.3. The summed E-state index contributed by atoms with van der Waals surface area (Å²) in [5.74, 6) is 1.08. The maximum atomic E-state index is 12.6. The Hall–Kier alpha value is -2.82. The van der Waals surface area contributed by atoms with Gasteiger partial charge in [-0.2, -0.15) is 0 Å². The molecule has 5 heteroatoms. The zero-order chi connectivity index (χ0) is 18.9. The molecule has 2 fully saturated rings. The predicted octanol–water partition coefficient (Wildman–Crippen LogP) is 4.40. The van der Waals surface area contributed by atoms with Gasteiger partial charge in [0, 0.05) is 36.9 Å². The number of benzene rings is 1. The molecule has 2 N–H and O–H groups in total. The smallest absolute Gasteiger partial charge is 0.317 e. The van der Waals surface area contributed by atoms with Crippen molar-refractivity contribution in [2.45, 2.75) is 43.6 Å². The van der Waals surface area contributed by atoms with Crippen molar-refractivity contribution >= 4 is 17.1 Å². The van der Waals surface area contributed by atoms with Crippen molar-refractivity contribution in [3.05, 3.63) is 66.0 Å². The lowest BCUT2D eigenvalue weighted by molar-refractivity contribution is 0.168. The van der Waals surface area contributed by atoms with Gasteiger partial charge in [-0.05, 0) is 60.8 Å². The van der Waals surface area contributed by atoms with E-state index in [9.17, 15) is 4.79 Å². The number of carbonyl (C=O) groups is 1. The molecule has 0 bridgehead atoms. The van der Waals surface area contributed by atoms with E-state index in [4.69, 9.17) is 0 Å². The van der Waals surface area contributed by atoms with Gasteiger partial charge < -0.3 is 15.2 Å². The number of hydrogen-bond donors (Lipinski definition) is 2. The van der Waals surface area contributed by atoms with Crippen LogP contribution >= 0.6 is 0 Å². The molecule has 5 nitrogen and oxygen atoms in total. The van der Waals surface area contributed by atoms with Gasteiger partial charge in [-0.25, -0.2) is 9.78 Å². The number of piperidine rings is 1. The summed E-state index contributed by atoms with van der Waals surface area (Å²) >= 11 is 0. The van der Waals surface area contributed by atoms with Crippen LogP contribution in [0.15, 0.2) is 54.9 Å². The van der Waals surface area contributed by atoms with Gasteiger partial charge in [-0.3, -0.25) is 0 Å². The third-order valence-electron chi connectivity index (χ3n) is 6.44. The van der Waals surface area contributed by atoms with Crippen molar-refractivity contribution in [3.63, 3.8) is 0 Å². The lowest BCUT2D eigenvalue weighted by Crippen LogP contribution is -2.51. The van der Waals surface area contributed by atoms with E-state index < -0.39 is 0 Å². The quantitative estimate of drug-likeness (QED) is 0.714. The number of urea groups is 1. The number of aromatic nitrogens is 2. The number of nitrogens with zero attached hydrogens (tertiary/aromatic N) is 2. The topological polar surface area (TPSA) is 61.0 Å². The highest BCUT2D eigenvalue weighted by atomic mass is 16.2. The van der Waals surface area contributed by atoms with Crippen LogP contribution in [-0.4, -0.2) is 40.0 Å². The fourth-order valence-electron chi connectivity index (χ4n) is 4.71. The van der Waals surface area contributed by atoms with Crippen molar-refractivity contribution in [2.75, 3.05) is 13.1 Å². The summed E-state index contributed by atoms with van der Waals surface area (Å²) in [7, 11) is 0. The third-order valence-corrected chi connectivity index (χ3v) is 6.44. The molecule has 28 heavy (non-hydrogen) atoms. The molecular weight excluding hydrogens is 348 g/mol. The summed E-state index contributed by atoms with van der Waals surface area (Å²) in [6, 6.07) is 15.2. The Labute approximate surface area is 165 Å². The number of amides is 2. The third kappa shape index (κ3) is 3.26. The van der Waals surface area contributed by atoms with Crippen molar-refractivity contribution in [1.82, 2.24) is 20.2 Å². The molecule has 2 aromatic heterocycles. The van der Waals surface area contributed by atoms with Crippen LogP contribution in [0.3, 0.4) is 0 Å². The fourth-order valence-corrected chi connectivity index (χ4v) is 4.71. The van der Waals surface area contributed by atoms with Crippen molar-refractivity contribution in [3.8, 4) is 0 Å². The molecule has 5 rings (SSSR count). The first-order chi connectivity index (χ1) is 13.8. The Balaban J connectivity index is 1.13. The number of pyridine rings is 1. The molecule has 1 aliphatic carbocycles. The fraction of sp³-hybridized carbons (Fsp3) is 0.391. The SMILES string of the molecule is O=C(NC1CC(c2ccccc2)C1)N1CCC(c2c[nH]c3ncccc23)CC1. The standard InChI is InChI=1S/C23H26N4O/c28-23(26-19-13-18(14-19)16-5-2-1-3-6-16)27-11-8-17(9-12-27)21-15-25-22-20(21)7-4-10-24-22/h1-7,10,15,17-19H,8-9,11-14H2,(H,24,25)(H,26,28). The van der Waals surface area contributed by atoms with Crippen molar-refractivity contribution < 1.29 is 4.79 Å². The summed E-state index contributed by atoms with van der Waals surface area (Å²) in [5, 5.41) is 4.45. The Morgan fingerprint density at radius 1 is 1.04 bits per heavy atom. The van der Waals surface area contributed by atoms with Gasteiger partial charge in [0.25, 0.3) is 0 Å². The van der Waals surface area contributed by atoms with Crippen LogP contribution in [0.2, 0.25) is 0 Å². The number of fused-ring (bicyclic) bond motifs is 1. The number of hydrogen-bond acceptors (Lipinski definition) is 2. The van der Waals surface area contributed by atoms with E-state index in [-0.39, 0.29) is 6.03 Å². The molecule has 2 aliphatic rings. The van der Waals surface area contributed by atoms with E-state index >= 15 is 0 Å². The second-order valence-corrected chi connectivity index (χ2v) is 8.13. The Kier molecular flexibility index (Phi) is 4.51. The molecule has 3 aromatic rings. The molecule has 0 atom stereocenters. The van der Waals surface area contributed by atoms with Gasteiger partial charge in [0.1, 0.15) is 5.65 Å². The van der Waals surface area contributed by atoms with E-state index in [0.717, 1.165) is 44.4 Å². The minimum absolute atomic E-state index is 0.107. The second-order valence-electron chi connectivity index (χ2n) is 8.13. The highest BCUT2D eigenvalue weighted by Gasteiger charge is 2.33. The summed E-state index contributed by atoms with van der Waals surface area (Å²) in [4.78, 5) is 22.3. The normalized spacial score (nSPS) is 22.8. The maximum Gasteiger partial charge on any atom is 0.317 e. The molecule has 0 spiro atoms. The Bertz CT molecular complexity index is 953. The molecule has 1 aromatic carbocycles. The van der Waals surface area contributed by atoms with Crippen LogP contribution < -0.4 is 5.32 Å². The molecule has 1 aliphatic heterocycles. The lowest BCUT2D eigenvalue weighted by Gasteiger charge is -2.39. The van der Waals surface area contributed by atoms with Crippen LogP contribution in [0.1, 0.15) is 48.6 Å². The van der Waals surface area contributed by atoms with Crippen LogP contribution in [0.5, 0.6) is 0 Å². The van der Waals surface area contributed by atoms with E-state index in [1.807, 2.05) is 17.2 Å². The first-order valence-electron chi connectivity index (χ1n) is 10.3. The molecule has 1 saturated carbocycles. The number of H-pyrrole nitrogens is 1. The van der Waals surface area contributed by atoms with Gasteiger partial charge in [-0.1, -0.05) is 30.3 Å². The highest BCUT2D eigenvalue weighted by Crippen LogP contribution is 2.37. The molecule has 3 heterocycles. The number of likely N-dealkylation sites (tertiary alicyclic amines) is 1. The zero-order valence-corrected chi connectivity index (χ0v) is 16.0. The number of nitrogens with one attached hydrogen (secondary N) is 2. The maximum absolute atomic E-state index is 12.6. The van der Waals surface area contributed by atoms with E-state index in [2.05, 4.69) is 57.9 Å². The molecule has 2 amide bonds. The van der Waals surface area contributed by atoms with E-state index in [1.165, 1.54) is 16.5 Å².